The van der Waals surface area contributed by atoms with Crippen LogP contribution in [0.2, 0.25) is 0 Å². The molecule has 2 aromatic carbocycles. The van der Waals surface area contributed by atoms with Gasteiger partial charge in [0.15, 0.2) is 0 Å². The van der Waals surface area contributed by atoms with Crippen LogP contribution in [0.3, 0.4) is 0 Å². The number of amides is 1. The molecule has 10 heteroatoms. The highest BCUT2D eigenvalue weighted by molar-refractivity contribution is 5.94. The zero-order valence-electron chi connectivity index (χ0n) is 21.0. The summed E-state index contributed by atoms with van der Waals surface area (Å²) in [4.78, 5) is 34.6. The van der Waals surface area contributed by atoms with Crippen molar-refractivity contribution in [3.63, 3.8) is 0 Å². The van der Waals surface area contributed by atoms with Crippen molar-refractivity contribution in [2.24, 2.45) is 0 Å². The van der Waals surface area contributed by atoms with Gasteiger partial charge in [-0.2, -0.15) is 5.10 Å². The van der Waals surface area contributed by atoms with Gasteiger partial charge in [-0.25, -0.2) is 14.5 Å². The average molecular weight is 520 g/mol. The third kappa shape index (κ3) is 4.91. The number of anilines is 1. The first-order valence-corrected chi connectivity index (χ1v) is 12.7. The van der Waals surface area contributed by atoms with Crippen molar-refractivity contribution in [1.82, 2.24) is 24.5 Å². The van der Waals surface area contributed by atoms with Gasteiger partial charge >= 0.3 is 0 Å². The van der Waals surface area contributed by atoms with E-state index in [0.717, 1.165) is 40.9 Å². The summed E-state index contributed by atoms with van der Waals surface area (Å²) in [6, 6.07) is 23.5. The van der Waals surface area contributed by atoms with Crippen LogP contribution in [0.15, 0.2) is 91.3 Å². The van der Waals surface area contributed by atoms with Crippen molar-refractivity contribution >= 4 is 23.1 Å². The van der Waals surface area contributed by atoms with E-state index in [1.165, 1.54) is 24.3 Å². The number of nitrogens with one attached hydrogen (secondary N) is 1. The number of fused-ring (bicyclic) bond motifs is 1. The van der Waals surface area contributed by atoms with Crippen molar-refractivity contribution < 1.29 is 9.72 Å². The predicted octanol–water partition coefficient (Wildman–Crippen LogP) is 5.08. The lowest BCUT2D eigenvalue weighted by Gasteiger charge is -2.33. The summed E-state index contributed by atoms with van der Waals surface area (Å²) in [7, 11) is 0. The zero-order valence-corrected chi connectivity index (χ0v) is 21.0. The normalized spacial score (nSPS) is 15.3. The molecule has 1 N–H and O–H groups in total. The molecule has 0 radical (unpaired) electrons. The number of rotatable bonds is 6. The number of carbonyl (C=O) groups excluding carboxylic acids is 1. The van der Waals surface area contributed by atoms with Gasteiger partial charge in [0.05, 0.1) is 21.7 Å². The molecule has 0 aliphatic carbocycles. The lowest BCUT2D eigenvalue weighted by molar-refractivity contribution is -0.384. The van der Waals surface area contributed by atoms with Crippen LogP contribution < -0.4 is 5.32 Å². The number of likely N-dealkylation sites (tertiary alicyclic amines) is 1. The fourth-order valence-corrected chi connectivity index (χ4v) is 4.99. The second kappa shape index (κ2) is 10.3. The Bertz CT molecular complexity index is 1650. The van der Waals surface area contributed by atoms with Gasteiger partial charge in [0.1, 0.15) is 5.69 Å². The van der Waals surface area contributed by atoms with Gasteiger partial charge in [-0.15, -0.1) is 0 Å². The predicted molar refractivity (Wildman–Crippen MR) is 147 cm³/mol. The van der Waals surface area contributed by atoms with E-state index >= 15 is 0 Å². The van der Waals surface area contributed by atoms with Gasteiger partial charge in [-0.05, 0) is 43.2 Å². The zero-order chi connectivity index (χ0) is 26.8. The second-order valence-corrected chi connectivity index (χ2v) is 9.42. The molecule has 0 spiro atoms. The number of nitrogens with zero attached hydrogens (tertiary/aromatic N) is 6. The third-order valence-corrected chi connectivity index (χ3v) is 6.87. The van der Waals surface area contributed by atoms with E-state index in [0.29, 0.717) is 24.6 Å². The number of pyridine rings is 1. The van der Waals surface area contributed by atoms with E-state index in [4.69, 9.17) is 10.1 Å². The van der Waals surface area contributed by atoms with Gasteiger partial charge in [0.2, 0.25) is 5.95 Å². The molecule has 6 rings (SSSR count). The highest BCUT2D eigenvalue weighted by Gasteiger charge is 2.26. The molecule has 3 aromatic heterocycles. The quantitative estimate of drug-likeness (QED) is 0.245. The van der Waals surface area contributed by atoms with Crippen molar-refractivity contribution in [3.05, 3.63) is 107 Å². The molecule has 1 saturated heterocycles. The summed E-state index contributed by atoms with van der Waals surface area (Å²) in [5.74, 6) is 0.335. The molecular formula is C29H25N7O3. The van der Waals surface area contributed by atoms with Crippen molar-refractivity contribution in [3.8, 4) is 22.5 Å². The molecule has 5 aromatic rings. The fraction of sp³-hybridized carbons (Fsp3) is 0.172. The van der Waals surface area contributed by atoms with Crippen LogP contribution in [-0.4, -0.2) is 54.4 Å². The number of piperidine rings is 1. The van der Waals surface area contributed by atoms with Gasteiger partial charge in [0, 0.05) is 54.8 Å². The maximum atomic E-state index is 13.1. The number of carbonyl (C=O) groups is 1. The maximum absolute atomic E-state index is 13.1. The van der Waals surface area contributed by atoms with E-state index in [1.807, 2.05) is 65.3 Å². The lowest BCUT2D eigenvalue weighted by atomic mass is 10.0. The van der Waals surface area contributed by atoms with Crippen LogP contribution in [0, 0.1) is 10.1 Å². The fourth-order valence-electron chi connectivity index (χ4n) is 4.99. The minimum atomic E-state index is -0.473. The Morgan fingerprint density at radius 1 is 1.00 bits per heavy atom. The van der Waals surface area contributed by atoms with Crippen molar-refractivity contribution in [2.45, 2.75) is 18.9 Å². The molecule has 194 valence electrons. The summed E-state index contributed by atoms with van der Waals surface area (Å²) in [6.45, 7) is 1.10. The Balaban J connectivity index is 1.24. The molecule has 1 amide bonds. The SMILES string of the molecule is O=C(c1ccc([N+](=O)[O-])cc1)N1CCCC(Nc2nccc(-c3c(-c4ccccc4)nn4ccccc34)n2)C1. The Morgan fingerprint density at radius 2 is 1.79 bits per heavy atom. The van der Waals surface area contributed by atoms with Crippen LogP contribution in [0.4, 0.5) is 11.6 Å². The Labute approximate surface area is 224 Å². The molecule has 1 atom stereocenters. The number of nitro groups is 1. The van der Waals surface area contributed by atoms with Crippen LogP contribution in [0.25, 0.3) is 28.0 Å². The van der Waals surface area contributed by atoms with E-state index in [9.17, 15) is 14.9 Å². The summed E-state index contributed by atoms with van der Waals surface area (Å²) < 4.78 is 1.86. The largest absolute Gasteiger partial charge is 0.350 e. The Hall–Kier alpha value is -5.12. The Kier molecular flexibility index (Phi) is 6.42. The minimum absolute atomic E-state index is 0.0338. The van der Waals surface area contributed by atoms with Crippen LogP contribution in [-0.2, 0) is 0 Å². The summed E-state index contributed by atoms with van der Waals surface area (Å²) in [5, 5.41) is 19.2. The molecule has 1 aliphatic heterocycles. The van der Waals surface area contributed by atoms with Crippen LogP contribution in [0.1, 0.15) is 23.2 Å². The lowest BCUT2D eigenvalue weighted by Crippen LogP contribution is -2.45. The van der Waals surface area contributed by atoms with E-state index < -0.39 is 4.92 Å². The van der Waals surface area contributed by atoms with E-state index in [2.05, 4.69) is 10.3 Å². The highest BCUT2D eigenvalue weighted by Crippen LogP contribution is 2.34. The van der Waals surface area contributed by atoms with Crippen LogP contribution in [0.5, 0.6) is 0 Å². The number of aromatic nitrogens is 4. The topological polar surface area (TPSA) is 119 Å². The molecule has 10 nitrogen and oxygen atoms in total. The number of nitro benzene ring substituents is 1. The highest BCUT2D eigenvalue weighted by atomic mass is 16.6. The second-order valence-electron chi connectivity index (χ2n) is 9.42. The van der Waals surface area contributed by atoms with Gasteiger partial charge in [-0.3, -0.25) is 14.9 Å². The maximum Gasteiger partial charge on any atom is 0.269 e. The average Bonchev–Trinajstić information content (AvgIpc) is 3.37. The Morgan fingerprint density at radius 3 is 2.59 bits per heavy atom. The van der Waals surface area contributed by atoms with Crippen molar-refractivity contribution in [2.75, 3.05) is 18.4 Å². The van der Waals surface area contributed by atoms with Gasteiger partial charge in [-0.1, -0.05) is 36.4 Å². The minimum Gasteiger partial charge on any atom is -0.350 e. The van der Waals surface area contributed by atoms with Gasteiger partial charge in [0.25, 0.3) is 11.6 Å². The number of non-ortho nitro benzene ring substituents is 1. The number of hydrogen-bond acceptors (Lipinski definition) is 7. The number of hydrogen-bond donors (Lipinski definition) is 1. The van der Waals surface area contributed by atoms with Crippen LogP contribution >= 0.6 is 0 Å². The first-order valence-electron chi connectivity index (χ1n) is 12.7. The van der Waals surface area contributed by atoms with Gasteiger partial charge < -0.3 is 10.2 Å². The first kappa shape index (κ1) is 24.2. The monoisotopic (exact) mass is 519 g/mol. The molecule has 1 fully saturated rings. The molecule has 4 heterocycles. The molecule has 1 unspecified atom stereocenters. The molecule has 1 aliphatic rings. The molecular weight excluding hydrogens is 494 g/mol. The smallest absolute Gasteiger partial charge is 0.269 e. The number of benzene rings is 2. The van der Waals surface area contributed by atoms with E-state index in [1.54, 1.807) is 11.1 Å². The van der Waals surface area contributed by atoms with Crippen molar-refractivity contribution in [1.29, 1.82) is 0 Å². The molecule has 0 bridgehead atoms. The third-order valence-electron chi connectivity index (χ3n) is 6.87. The summed E-state index contributed by atoms with van der Waals surface area (Å²) in [5.41, 5.74) is 4.84. The molecule has 0 saturated carbocycles. The standard InChI is InChI=1S/C29H25N7O3/c37-28(21-11-13-23(14-12-21)36(38)39)34-17-6-9-22(19-34)31-29-30-16-15-24(32-29)26-25-10-4-5-18-35(25)33-27(26)20-7-2-1-3-8-20/h1-5,7-8,10-16,18,22H,6,9,17,19H2,(H,30,31,32). The summed E-state index contributed by atoms with van der Waals surface area (Å²) >= 11 is 0. The first-order chi connectivity index (χ1) is 19.1. The van der Waals surface area contributed by atoms with E-state index in [-0.39, 0.29) is 17.6 Å². The molecule has 39 heavy (non-hydrogen) atoms. The summed E-state index contributed by atoms with van der Waals surface area (Å²) in [6.07, 6.45) is 5.34.